The molecular formula is C11H16N2O4S. The number of hydrogen-bond acceptors (Lipinski definition) is 4. The van der Waals surface area contributed by atoms with E-state index in [0.29, 0.717) is 12.3 Å². The van der Waals surface area contributed by atoms with Crippen LogP contribution in [0.4, 0.5) is 5.69 Å². The number of nitrogens with zero attached hydrogens (tertiary/aromatic N) is 1. The molecule has 18 heavy (non-hydrogen) atoms. The molecule has 0 aliphatic rings. The molecule has 0 aliphatic heterocycles. The van der Waals surface area contributed by atoms with Gasteiger partial charge in [0.25, 0.3) is 0 Å². The summed E-state index contributed by atoms with van der Waals surface area (Å²) in [6.45, 7) is 3.89. The van der Waals surface area contributed by atoms with Crippen LogP contribution < -0.4 is 4.72 Å². The van der Waals surface area contributed by atoms with E-state index in [9.17, 15) is 13.2 Å². The topological polar surface area (TPSA) is 96.4 Å². The average Bonchev–Trinajstić information content (AvgIpc) is 2.27. The number of aromatic carboxylic acids is 1. The summed E-state index contributed by atoms with van der Waals surface area (Å²) in [5.74, 6) is -0.816. The Kier molecular flexibility index (Phi) is 4.66. The van der Waals surface area contributed by atoms with E-state index in [2.05, 4.69) is 9.71 Å². The molecule has 0 saturated heterocycles. The predicted molar refractivity (Wildman–Crippen MR) is 68.1 cm³/mol. The van der Waals surface area contributed by atoms with Crippen LogP contribution in [0.15, 0.2) is 18.3 Å². The molecule has 0 aliphatic carbocycles. The molecule has 6 nitrogen and oxygen atoms in total. The molecule has 0 amide bonds. The zero-order valence-corrected chi connectivity index (χ0v) is 11.1. The fourth-order valence-electron chi connectivity index (χ4n) is 1.20. The fraction of sp³-hybridized carbons (Fsp3) is 0.455. The summed E-state index contributed by atoms with van der Waals surface area (Å²) in [6, 6.07) is 2.63. The van der Waals surface area contributed by atoms with Gasteiger partial charge in [0.05, 0.1) is 17.6 Å². The van der Waals surface area contributed by atoms with Gasteiger partial charge in [-0.15, -0.1) is 0 Å². The van der Waals surface area contributed by atoms with Gasteiger partial charge in [-0.2, -0.15) is 0 Å². The SMILES string of the molecule is CC(C)CCS(=O)(=O)Nc1ccc(C(=O)O)nc1. The van der Waals surface area contributed by atoms with Crippen molar-refractivity contribution in [2.75, 3.05) is 10.5 Å². The van der Waals surface area contributed by atoms with E-state index in [1.54, 1.807) is 0 Å². The number of carboxylic acids is 1. The van der Waals surface area contributed by atoms with Crippen molar-refractivity contribution >= 4 is 21.7 Å². The molecule has 0 atom stereocenters. The zero-order chi connectivity index (χ0) is 13.8. The Balaban J connectivity index is 2.69. The second kappa shape index (κ2) is 5.81. The number of nitrogens with one attached hydrogen (secondary N) is 1. The standard InChI is InChI=1S/C11H16N2O4S/c1-8(2)5-6-18(16,17)13-9-3-4-10(11(14)15)12-7-9/h3-4,7-8,13H,5-6H2,1-2H3,(H,14,15). The quantitative estimate of drug-likeness (QED) is 0.819. The monoisotopic (exact) mass is 272 g/mol. The van der Waals surface area contributed by atoms with Crippen molar-refractivity contribution in [2.24, 2.45) is 5.92 Å². The van der Waals surface area contributed by atoms with Crippen molar-refractivity contribution in [1.82, 2.24) is 4.98 Å². The fourth-order valence-corrected chi connectivity index (χ4v) is 2.57. The smallest absolute Gasteiger partial charge is 0.354 e. The van der Waals surface area contributed by atoms with Crippen molar-refractivity contribution < 1.29 is 18.3 Å². The Morgan fingerprint density at radius 1 is 1.44 bits per heavy atom. The number of carboxylic acid groups (broad SMARTS) is 1. The Morgan fingerprint density at radius 3 is 2.56 bits per heavy atom. The molecule has 1 rings (SSSR count). The first-order valence-corrected chi connectivity index (χ1v) is 7.15. The second-order valence-corrected chi connectivity index (χ2v) is 6.18. The van der Waals surface area contributed by atoms with Crippen LogP contribution in [0, 0.1) is 5.92 Å². The van der Waals surface area contributed by atoms with Crippen LogP contribution in [0.5, 0.6) is 0 Å². The van der Waals surface area contributed by atoms with E-state index in [1.165, 1.54) is 18.3 Å². The summed E-state index contributed by atoms with van der Waals surface area (Å²) >= 11 is 0. The lowest BCUT2D eigenvalue weighted by molar-refractivity contribution is 0.0690. The minimum atomic E-state index is -3.40. The van der Waals surface area contributed by atoms with Crippen LogP contribution in [-0.4, -0.2) is 30.2 Å². The highest BCUT2D eigenvalue weighted by Crippen LogP contribution is 2.10. The molecule has 1 aromatic heterocycles. The molecule has 0 fully saturated rings. The number of anilines is 1. The van der Waals surface area contributed by atoms with E-state index in [4.69, 9.17) is 5.11 Å². The second-order valence-electron chi connectivity index (χ2n) is 4.34. The Labute approximate surface area is 106 Å². The van der Waals surface area contributed by atoms with Gasteiger partial charge in [-0.05, 0) is 24.5 Å². The lowest BCUT2D eigenvalue weighted by Gasteiger charge is -2.09. The van der Waals surface area contributed by atoms with E-state index in [1.807, 2.05) is 13.8 Å². The molecule has 0 unspecified atom stereocenters. The van der Waals surface area contributed by atoms with Crippen LogP contribution >= 0.6 is 0 Å². The lowest BCUT2D eigenvalue weighted by atomic mass is 10.2. The summed E-state index contributed by atoms with van der Waals surface area (Å²) in [7, 11) is -3.40. The Bertz CT molecular complexity index is 508. The van der Waals surface area contributed by atoms with Crippen LogP contribution in [-0.2, 0) is 10.0 Å². The van der Waals surface area contributed by atoms with E-state index >= 15 is 0 Å². The molecule has 2 N–H and O–H groups in total. The Morgan fingerprint density at radius 2 is 2.11 bits per heavy atom. The molecule has 0 radical (unpaired) electrons. The van der Waals surface area contributed by atoms with Gasteiger partial charge in [-0.1, -0.05) is 13.8 Å². The number of carbonyl (C=O) groups is 1. The minimum Gasteiger partial charge on any atom is -0.477 e. The number of sulfonamides is 1. The third-order valence-corrected chi connectivity index (χ3v) is 3.54. The number of aromatic nitrogens is 1. The molecular weight excluding hydrogens is 256 g/mol. The normalized spacial score (nSPS) is 11.5. The predicted octanol–water partition coefficient (Wildman–Crippen LogP) is 1.57. The summed E-state index contributed by atoms with van der Waals surface area (Å²) in [5, 5.41) is 8.65. The van der Waals surface area contributed by atoms with Gasteiger partial charge in [-0.3, -0.25) is 4.72 Å². The highest BCUT2D eigenvalue weighted by Gasteiger charge is 2.12. The third kappa shape index (κ3) is 4.70. The van der Waals surface area contributed by atoms with E-state index < -0.39 is 16.0 Å². The van der Waals surface area contributed by atoms with E-state index in [-0.39, 0.29) is 17.1 Å². The molecule has 7 heteroatoms. The lowest BCUT2D eigenvalue weighted by Crippen LogP contribution is -2.18. The third-order valence-electron chi connectivity index (χ3n) is 2.22. The number of pyridine rings is 1. The minimum absolute atomic E-state index is 0.0331. The largest absolute Gasteiger partial charge is 0.477 e. The van der Waals surface area contributed by atoms with Crippen LogP contribution in [0.3, 0.4) is 0 Å². The molecule has 1 heterocycles. The maximum atomic E-state index is 11.7. The maximum Gasteiger partial charge on any atom is 0.354 e. The highest BCUT2D eigenvalue weighted by atomic mass is 32.2. The zero-order valence-electron chi connectivity index (χ0n) is 10.3. The summed E-state index contributed by atoms with van der Waals surface area (Å²) < 4.78 is 25.7. The van der Waals surface area contributed by atoms with Gasteiger partial charge in [0.1, 0.15) is 5.69 Å². The molecule has 0 saturated carbocycles. The summed E-state index contributed by atoms with van der Waals surface area (Å²) in [4.78, 5) is 14.2. The molecule has 0 spiro atoms. The van der Waals surface area contributed by atoms with Crippen molar-refractivity contribution in [3.63, 3.8) is 0 Å². The van der Waals surface area contributed by atoms with Crippen LogP contribution in [0.25, 0.3) is 0 Å². The van der Waals surface area contributed by atoms with Gasteiger partial charge in [0.2, 0.25) is 10.0 Å². The average molecular weight is 272 g/mol. The van der Waals surface area contributed by atoms with Crippen LogP contribution in [0.1, 0.15) is 30.8 Å². The first-order chi connectivity index (χ1) is 8.30. The molecule has 0 aromatic carbocycles. The van der Waals surface area contributed by atoms with Gasteiger partial charge in [0.15, 0.2) is 0 Å². The first kappa shape index (κ1) is 14.4. The maximum absolute atomic E-state index is 11.7. The van der Waals surface area contributed by atoms with E-state index in [0.717, 1.165) is 0 Å². The van der Waals surface area contributed by atoms with Crippen molar-refractivity contribution in [3.8, 4) is 0 Å². The van der Waals surface area contributed by atoms with Gasteiger partial charge < -0.3 is 5.11 Å². The molecule has 0 bridgehead atoms. The van der Waals surface area contributed by atoms with Gasteiger partial charge >= 0.3 is 5.97 Å². The highest BCUT2D eigenvalue weighted by molar-refractivity contribution is 7.92. The first-order valence-electron chi connectivity index (χ1n) is 5.50. The number of hydrogen-bond donors (Lipinski definition) is 2. The molecule has 1 aromatic rings. The number of rotatable bonds is 6. The van der Waals surface area contributed by atoms with Gasteiger partial charge in [0, 0.05) is 0 Å². The summed E-state index contributed by atoms with van der Waals surface area (Å²) in [6.07, 6.45) is 1.76. The van der Waals surface area contributed by atoms with Crippen molar-refractivity contribution in [1.29, 1.82) is 0 Å². The van der Waals surface area contributed by atoms with Gasteiger partial charge in [-0.25, -0.2) is 18.2 Å². The Hall–Kier alpha value is -1.63. The summed E-state index contributed by atoms with van der Waals surface area (Å²) in [5.41, 5.74) is 0.142. The molecule has 100 valence electrons. The van der Waals surface area contributed by atoms with Crippen LogP contribution in [0.2, 0.25) is 0 Å². The van der Waals surface area contributed by atoms with Crippen molar-refractivity contribution in [3.05, 3.63) is 24.0 Å². The van der Waals surface area contributed by atoms with Crippen molar-refractivity contribution in [2.45, 2.75) is 20.3 Å².